The van der Waals surface area contributed by atoms with Gasteiger partial charge in [-0.1, -0.05) is 0 Å². The molecule has 5 heteroatoms. The second kappa shape index (κ2) is 6.14. The first-order chi connectivity index (χ1) is 2.27. The third kappa shape index (κ3) is 8.94. The van der Waals surface area contributed by atoms with Crippen LogP contribution in [-0.2, 0) is 26.4 Å². The molecule has 0 aliphatic carbocycles. The Hall–Kier alpha value is 1.14. The Morgan fingerprint density at radius 1 is 1.50 bits per heavy atom. The summed E-state index contributed by atoms with van der Waals surface area (Å²) < 4.78 is 22.3. The van der Waals surface area contributed by atoms with Gasteiger partial charge in [-0.25, -0.2) is 0 Å². The SMILES string of the molecule is C[O][V](=[O])=[O].[NaH]. The third-order valence-electron chi connectivity index (χ3n) is 0.149. The van der Waals surface area contributed by atoms with E-state index in [1.165, 1.54) is 0 Å². The van der Waals surface area contributed by atoms with Gasteiger partial charge in [0.05, 0.1) is 0 Å². The first-order valence-electron chi connectivity index (χ1n) is 0.956. The van der Waals surface area contributed by atoms with Crippen LogP contribution in [0.5, 0.6) is 0 Å². The minimum absolute atomic E-state index is 0. The van der Waals surface area contributed by atoms with Crippen molar-refractivity contribution in [3.8, 4) is 0 Å². The summed E-state index contributed by atoms with van der Waals surface area (Å²) >= 11 is -3.20. The Balaban J connectivity index is 0. The van der Waals surface area contributed by atoms with Crippen LogP contribution in [0.2, 0.25) is 0 Å². The van der Waals surface area contributed by atoms with Gasteiger partial charge in [-0.05, 0) is 0 Å². The summed E-state index contributed by atoms with van der Waals surface area (Å²) in [5, 5.41) is 0. The van der Waals surface area contributed by atoms with Crippen molar-refractivity contribution < 1.29 is 26.4 Å². The normalized spacial score (nSPS) is 6.17. The number of rotatable bonds is 1. The molecule has 0 N–H and O–H groups in total. The van der Waals surface area contributed by atoms with Gasteiger partial charge in [0.1, 0.15) is 0 Å². The van der Waals surface area contributed by atoms with Crippen LogP contribution in [0.15, 0.2) is 0 Å². The van der Waals surface area contributed by atoms with Crippen molar-refractivity contribution in [3.05, 3.63) is 0 Å². The molecule has 0 fully saturated rings. The molecule has 3 nitrogen and oxygen atoms in total. The van der Waals surface area contributed by atoms with Gasteiger partial charge < -0.3 is 0 Å². The van der Waals surface area contributed by atoms with E-state index in [-0.39, 0.29) is 29.6 Å². The van der Waals surface area contributed by atoms with Crippen molar-refractivity contribution in [1.29, 1.82) is 0 Å². The molecule has 6 heavy (non-hydrogen) atoms. The van der Waals surface area contributed by atoms with E-state index in [9.17, 15) is 7.35 Å². The molecule has 0 aromatic rings. The van der Waals surface area contributed by atoms with E-state index in [0.717, 1.165) is 7.11 Å². The fourth-order valence-electron chi connectivity index (χ4n) is 0. The van der Waals surface area contributed by atoms with Crippen molar-refractivity contribution >= 4 is 29.6 Å². The molecule has 0 amide bonds. The number of hydrogen-bond donors (Lipinski definition) is 0. The maximum absolute atomic E-state index is 9.26. The van der Waals surface area contributed by atoms with Gasteiger partial charge in [0.15, 0.2) is 0 Å². The average Bonchev–Trinajstić information content (AvgIpc) is 1.38. The van der Waals surface area contributed by atoms with Crippen LogP contribution < -0.4 is 0 Å². The Kier molecular flexibility index (Phi) is 10.4. The Labute approximate surface area is 62.7 Å². The molecule has 0 aromatic carbocycles. The van der Waals surface area contributed by atoms with Gasteiger partial charge in [0.25, 0.3) is 0 Å². The van der Waals surface area contributed by atoms with Crippen LogP contribution in [0.25, 0.3) is 0 Å². The summed E-state index contributed by atoms with van der Waals surface area (Å²) in [7, 11) is 1.14. The average molecular weight is 138 g/mol. The summed E-state index contributed by atoms with van der Waals surface area (Å²) in [4.78, 5) is 0. The Morgan fingerprint density at radius 3 is 1.67 bits per heavy atom. The van der Waals surface area contributed by atoms with E-state index >= 15 is 0 Å². The predicted molar refractivity (Wildman–Crippen MR) is 15.5 cm³/mol. The van der Waals surface area contributed by atoms with Crippen molar-refractivity contribution in [2.24, 2.45) is 0 Å². The fraction of sp³-hybridized carbons (Fsp3) is 1.00. The van der Waals surface area contributed by atoms with Crippen LogP contribution >= 0.6 is 0 Å². The summed E-state index contributed by atoms with van der Waals surface area (Å²) in [5.41, 5.74) is 0. The van der Waals surface area contributed by atoms with Crippen LogP contribution in [-0.4, -0.2) is 36.7 Å². The fourth-order valence-corrected chi connectivity index (χ4v) is 0. The first-order valence-corrected chi connectivity index (χ1v) is 2.67. The first kappa shape index (κ1) is 10.2. The molecule has 0 saturated heterocycles. The molecule has 0 unspecified atom stereocenters. The number of hydrogen-bond acceptors (Lipinski definition) is 3. The Bertz CT molecular complexity index is 68.9. The van der Waals surface area contributed by atoms with Gasteiger partial charge in [0, 0.05) is 0 Å². The molecular weight excluding hydrogens is 134 g/mol. The van der Waals surface area contributed by atoms with E-state index in [1.807, 2.05) is 0 Å². The molecule has 0 aliphatic rings. The van der Waals surface area contributed by atoms with Gasteiger partial charge >= 0.3 is 63.1 Å². The van der Waals surface area contributed by atoms with Crippen molar-refractivity contribution in [2.75, 3.05) is 7.11 Å². The summed E-state index contributed by atoms with van der Waals surface area (Å²) in [6.45, 7) is 0. The molecule has 0 spiro atoms. The van der Waals surface area contributed by atoms with Crippen molar-refractivity contribution in [3.63, 3.8) is 0 Å². The minimum atomic E-state index is -3.20. The molecule has 32 valence electrons. The zero-order valence-corrected chi connectivity index (χ0v) is 4.07. The summed E-state index contributed by atoms with van der Waals surface area (Å²) in [6.07, 6.45) is 0. The predicted octanol–water partition coefficient (Wildman–Crippen LogP) is -0.792. The molecule has 0 heterocycles. The topological polar surface area (TPSA) is 43.4 Å². The molecular formula is CH4NaO3V. The quantitative estimate of drug-likeness (QED) is 0.446. The van der Waals surface area contributed by atoms with Crippen LogP contribution in [0.4, 0.5) is 0 Å². The third-order valence-corrected chi connectivity index (χ3v) is 0.615. The van der Waals surface area contributed by atoms with E-state index in [4.69, 9.17) is 0 Å². The molecule has 0 atom stereocenters. The molecule has 0 bridgehead atoms. The van der Waals surface area contributed by atoms with Crippen LogP contribution in [0.3, 0.4) is 0 Å². The van der Waals surface area contributed by atoms with E-state index in [0.29, 0.717) is 0 Å². The molecule has 0 radical (unpaired) electrons. The van der Waals surface area contributed by atoms with E-state index < -0.39 is 15.4 Å². The standard InChI is InChI=1S/CH3O.Na.2O.V.H/c1-2;;;;;/h1H3;;;;;/q-1;;;;+1;. The Morgan fingerprint density at radius 2 is 1.67 bits per heavy atom. The van der Waals surface area contributed by atoms with Gasteiger partial charge in [-0.2, -0.15) is 0 Å². The van der Waals surface area contributed by atoms with Crippen molar-refractivity contribution in [2.45, 2.75) is 0 Å². The molecule has 0 aromatic heterocycles. The van der Waals surface area contributed by atoms with Crippen molar-refractivity contribution in [1.82, 2.24) is 0 Å². The maximum atomic E-state index is 9.26. The van der Waals surface area contributed by atoms with Crippen LogP contribution in [0, 0.1) is 0 Å². The second-order valence-electron chi connectivity index (χ2n) is 0.406. The van der Waals surface area contributed by atoms with Crippen LogP contribution in [0.1, 0.15) is 0 Å². The summed E-state index contributed by atoms with van der Waals surface area (Å²) in [5.74, 6) is 0. The molecule has 0 aliphatic heterocycles. The molecule has 0 rings (SSSR count). The van der Waals surface area contributed by atoms with E-state index in [2.05, 4.69) is 3.66 Å². The zero-order chi connectivity index (χ0) is 4.28. The van der Waals surface area contributed by atoms with Gasteiger partial charge in [-0.3, -0.25) is 0 Å². The zero-order valence-electron chi connectivity index (χ0n) is 2.67. The van der Waals surface area contributed by atoms with Gasteiger partial charge in [-0.15, -0.1) is 0 Å². The van der Waals surface area contributed by atoms with Gasteiger partial charge in [0.2, 0.25) is 0 Å². The van der Waals surface area contributed by atoms with E-state index in [1.54, 1.807) is 0 Å². The second-order valence-corrected chi connectivity index (χ2v) is 1.67. The summed E-state index contributed by atoms with van der Waals surface area (Å²) in [6, 6.07) is 0. The molecule has 0 saturated carbocycles. The monoisotopic (exact) mass is 138 g/mol.